The van der Waals surface area contributed by atoms with E-state index in [0.29, 0.717) is 18.8 Å². The molecule has 6 heteroatoms. The Hall–Kier alpha value is -1.24. The number of aryl methyl sites for hydroxylation is 1. The first kappa shape index (κ1) is 19.1. The van der Waals surface area contributed by atoms with Crippen molar-refractivity contribution in [1.29, 1.82) is 0 Å². The summed E-state index contributed by atoms with van der Waals surface area (Å²) in [4.78, 5) is 12.1. The fourth-order valence-electron chi connectivity index (χ4n) is 3.14. The Morgan fingerprint density at radius 3 is 2.25 bits per heavy atom. The molecule has 1 aliphatic carbocycles. The van der Waals surface area contributed by atoms with Gasteiger partial charge in [0.25, 0.3) is 10.1 Å². The topological polar surface area (TPSA) is 86.5 Å². The van der Waals surface area contributed by atoms with E-state index < -0.39 is 28.2 Å². The maximum Gasteiger partial charge on any atom is 0.297 e. The SMILES string of the molecule is CCC1C(=O)C1C(OS(=O)(=O)c1ccc(C)cc1)C(N)CC(C)C. The minimum atomic E-state index is -3.95. The van der Waals surface area contributed by atoms with Crippen molar-refractivity contribution in [3.05, 3.63) is 29.8 Å². The second-order valence-electron chi connectivity index (χ2n) is 7.06. The molecule has 0 saturated heterocycles. The summed E-state index contributed by atoms with van der Waals surface area (Å²) in [5.74, 6) is -0.201. The van der Waals surface area contributed by atoms with Crippen molar-refractivity contribution in [3.8, 4) is 0 Å². The number of nitrogens with two attached hydrogens (primary N) is 1. The van der Waals surface area contributed by atoms with Gasteiger partial charge in [0.05, 0.1) is 10.8 Å². The Morgan fingerprint density at radius 1 is 1.21 bits per heavy atom. The van der Waals surface area contributed by atoms with Crippen LogP contribution >= 0.6 is 0 Å². The van der Waals surface area contributed by atoms with Crippen molar-refractivity contribution in [2.24, 2.45) is 23.5 Å². The molecule has 0 radical (unpaired) electrons. The zero-order valence-corrected chi connectivity index (χ0v) is 15.5. The maximum absolute atomic E-state index is 12.6. The Morgan fingerprint density at radius 2 is 1.79 bits per heavy atom. The Bertz CT molecular complexity index is 681. The highest BCUT2D eigenvalue weighted by molar-refractivity contribution is 7.86. The lowest BCUT2D eigenvalue weighted by atomic mass is 9.96. The molecule has 2 rings (SSSR count). The summed E-state index contributed by atoms with van der Waals surface area (Å²) in [5, 5.41) is 0. The van der Waals surface area contributed by atoms with Crippen LogP contribution < -0.4 is 5.73 Å². The van der Waals surface area contributed by atoms with E-state index in [4.69, 9.17) is 9.92 Å². The molecule has 0 bridgehead atoms. The van der Waals surface area contributed by atoms with Gasteiger partial charge < -0.3 is 5.73 Å². The Kier molecular flexibility index (Phi) is 5.83. The van der Waals surface area contributed by atoms with Crippen molar-refractivity contribution >= 4 is 15.9 Å². The van der Waals surface area contributed by atoms with Gasteiger partial charge in [-0.15, -0.1) is 0 Å². The summed E-state index contributed by atoms with van der Waals surface area (Å²) in [7, 11) is -3.95. The van der Waals surface area contributed by atoms with Crippen LogP contribution in [0.1, 0.15) is 39.2 Å². The summed E-state index contributed by atoms with van der Waals surface area (Å²) in [6, 6.07) is 5.98. The number of hydrogen-bond acceptors (Lipinski definition) is 5. The molecule has 1 aromatic rings. The molecule has 1 fully saturated rings. The molecule has 134 valence electrons. The fourth-order valence-corrected chi connectivity index (χ4v) is 4.28. The normalized spacial score (nSPS) is 23.3. The maximum atomic E-state index is 12.6. The van der Waals surface area contributed by atoms with Crippen LogP contribution in [-0.2, 0) is 19.1 Å². The quantitative estimate of drug-likeness (QED) is 0.726. The molecule has 1 aliphatic rings. The molecule has 0 aromatic heterocycles. The molecule has 1 aromatic carbocycles. The molecular formula is C18H27NO4S. The number of ketones is 1. The number of carbonyl (C=O) groups is 1. The van der Waals surface area contributed by atoms with Gasteiger partial charge in [0.15, 0.2) is 0 Å². The average molecular weight is 353 g/mol. The van der Waals surface area contributed by atoms with E-state index in [9.17, 15) is 13.2 Å². The first-order valence-corrected chi connectivity index (χ1v) is 9.87. The first-order valence-electron chi connectivity index (χ1n) is 8.46. The van der Waals surface area contributed by atoms with E-state index in [1.165, 1.54) is 12.1 Å². The van der Waals surface area contributed by atoms with E-state index in [-0.39, 0.29) is 16.6 Å². The monoisotopic (exact) mass is 353 g/mol. The smallest absolute Gasteiger partial charge is 0.297 e. The molecule has 1 saturated carbocycles. The van der Waals surface area contributed by atoms with Crippen molar-refractivity contribution in [2.75, 3.05) is 0 Å². The third-order valence-electron chi connectivity index (χ3n) is 4.53. The predicted octanol–water partition coefficient (Wildman–Crippen LogP) is 2.67. The predicted molar refractivity (Wildman–Crippen MR) is 92.9 cm³/mol. The highest BCUT2D eigenvalue weighted by Gasteiger charge is 2.55. The second kappa shape index (κ2) is 7.33. The molecule has 0 aliphatic heterocycles. The third kappa shape index (κ3) is 4.23. The van der Waals surface area contributed by atoms with Crippen LogP contribution in [0.15, 0.2) is 29.2 Å². The van der Waals surface area contributed by atoms with Gasteiger partial charge in [-0.25, -0.2) is 0 Å². The number of benzene rings is 1. The average Bonchev–Trinajstić information content (AvgIpc) is 3.14. The molecule has 5 nitrogen and oxygen atoms in total. The fraction of sp³-hybridized carbons (Fsp3) is 0.611. The lowest BCUT2D eigenvalue weighted by Gasteiger charge is -2.24. The van der Waals surface area contributed by atoms with Crippen LogP contribution in [0.2, 0.25) is 0 Å². The van der Waals surface area contributed by atoms with E-state index in [1.54, 1.807) is 12.1 Å². The molecule has 0 spiro atoms. The van der Waals surface area contributed by atoms with Gasteiger partial charge in [-0.2, -0.15) is 8.42 Å². The van der Waals surface area contributed by atoms with Gasteiger partial charge in [0.2, 0.25) is 0 Å². The van der Waals surface area contributed by atoms with Gasteiger partial charge in [0.1, 0.15) is 11.9 Å². The van der Waals surface area contributed by atoms with Gasteiger partial charge in [-0.1, -0.05) is 38.5 Å². The van der Waals surface area contributed by atoms with Crippen molar-refractivity contribution in [3.63, 3.8) is 0 Å². The third-order valence-corrected chi connectivity index (χ3v) is 5.85. The van der Waals surface area contributed by atoms with Crippen molar-refractivity contribution in [2.45, 2.75) is 57.6 Å². The number of hydrogen-bond donors (Lipinski definition) is 1. The summed E-state index contributed by atoms with van der Waals surface area (Å²) in [5.41, 5.74) is 7.17. The summed E-state index contributed by atoms with van der Waals surface area (Å²) in [6.45, 7) is 7.82. The lowest BCUT2D eigenvalue weighted by Crippen LogP contribution is -2.41. The number of Topliss-reactive ketones (excluding diaryl/α,β-unsaturated/α-hetero) is 1. The lowest BCUT2D eigenvalue weighted by molar-refractivity contribution is -0.112. The summed E-state index contributed by atoms with van der Waals surface area (Å²) >= 11 is 0. The largest absolute Gasteiger partial charge is 0.325 e. The highest BCUT2D eigenvalue weighted by Crippen LogP contribution is 2.42. The van der Waals surface area contributed by atoms with Gasteiger partial charge >= 0.3 is 0 Å². The minimum Gasteiger partial charge on any atom is -0.325 e. The van der Waals surface area contributed by atoms with E-state index >= 15 is 0 Å². The van der Waals surface area contributed by atoms with E-state index in [2.05, 4.69) is 0 Å². The van der Waals surface area contributed by atoms with E-state index in [1.807, 2.05) is 27.7 Å². The zero-order chi connectivity index (χ0) is 18.1. The molecular weight excluding hydrogens is 326 g/mol. The van der Waals surface area contributed by atoms with Gasteiger partial charge in [0, 0.05) is 12.0 Å². The highest BCUT2D eigenvalue weighted by atomic mass is 32.2. The molecule has 0 heterocycles. The summed E-state index contributed by atoms with van der Waals surface area (Å²) < 4.78 is 30.7. The van der Waals surface area contributed by atoms with E-state index in [0.717, 1.165) is 5.56 Å². The van der Waals surface area contributed by atoms with Crippen molar-refractivity contribution < 1.29 is 17.4 Å². The van der Waals surface area contributed by atoms with Crippen molar-refractivity contribution in [1.82, 2.24) is 0 Å². The minimum absolute atomic E-state index is 0.0563. The standard InChI is InChI=1S/C18H27NO4S/c1-5-14-16(17(14)20)18(15(19)10-11(2)3)23-24(21,22)13-8-6-12(4)7-9-13/h6-9,11,14-16,18H,5,10,19H2,1-4H3. The van der Waals surface area contributed by atoms with Crippen LogP contribution in [0, 0.1) is 24.7 Å². The van der Waals surface area contributed by atoms with Crippen LogP contribution in [0.3, 0.4) is 0 Å². The molecule has 4 unspecified atom stereocenters. The number of carbonyl (C=O) groups excluding carboxylic acids is 1. The Labute approximate surface area is 144 Å². The van der Waals surface area contributed by atoms with Crippen LogP contribution in [0.25, 0.3) is 0 Å². The zero-order valence-electron chi connectivity index (χ0n) is 14.7. The molecule has 24 heavy (non-hydrogen) atoms. The van der Waals surface area contributed by atoms with Crippen LogP contribution in [0.5, 0.6) is 0 Å². The first-order chi connectivity index (χ1) is 11.2. The van der Waals surface area contributed by atoms with Gasteiger partial charge in [-0.3, -0.25) is 8.98 Å². The Balaban J connectivity index is 2.24. The molecule has 4 atom stereocenters. The second-order valence-corrected chi connectivity index (χ2v) is 8.64. The van der Waals surface area contributed by atoms with Gasteiger partial charge in [-0.05, 0) is 37.8 Å². The van der Waals surface area contributed by atoms with Crippen LogP contribution in [0.4, 0.5) is 0 Å². The molecule has 0 amide bonds. The summed E-state index contributed by atoms with van der Waals surface area (Å²) in [6.07, 6.45) is 0.493. The number of rotatable bonds is 8. The van der Waals surface area contributed by atoms with Crippen LogP contribution in [-0.4, -0.2) is 26.3 Å². The molecule has 2 N–H and O–H groups in total.